The summed E-state index contributed by atoms with van der Waals surface area (Å²) < 4.78 is 52.8. The summed E-state index contributed by atoms with van der Waals surface area (Å²) in [5, 5.41) is 60.4. The normalized spacial score (nSPS) is 36.8. The fourth-order valence-electron chi connectivity index (χ4n) is 5.44. The van der Waals surface area contributed by atoms with Crippen molar-refractivity contribution in [1.82, 2.24) is 24.4 Å². The Morgan fingerprint density at radius 1 is 1.07 bits per heavy atom. The topological polar surface area (TPSA) is 295 Å². The monoisotopic (exact) mass is 688 g/mol. The van der Waals surface area contributed by atoms with Crippen LogP contribution in [0.2, 0.25) is 0 Å². The Morgan fingerprint density at radius 3 is 2.45 bits per heavy atom. The molecule has 23 heteroatoms. The molecule has 0 radical (unpaired) electrons. The van der Waals surface area contributed by atoms with Crippen LogP contribution in [-0.2, 0) is 32.0 Å². The molecule has 3 aliphatic heterocycles. The van der Waals surface area contributed by atoms with E-state index in [1.807, 2.05) is 4.90 Å². The second-order valence-corrected chi connectivity index (χ2v) is 14.9. The first-order valence-corrected chi connectivity index (χ1v) is 17.6. The first kappa shape index (κ1) is 34.0. The lowest BCUT2D eigenvalue weighted by Crippen LogP contribution is -2.61. The quantitative estimate of drug-likeness (QED) is 0.0869. The molecule has 5 rings (SSSR count). The van der Waals surface area contributed by atoms with Crippen LogP contribution in [0.1, 0.15) is 19.1 Å². The molecule has 20 nitrogen and oxygen atoms in total. The minimum absolute atomic E-state index is 0.144. The Labute approximate surface area is 254 Å². The molecule has 12 atom stereocenters. The number of phosphoric ester groups is 1. The van der Waals surface area contributed by atoms with Gasteiger partial charge in [-0.1, -0.05) is 12.2 Å². The lowest BCUT2D eigenvalue weighted by molar-refractivity contribution is -0.292. The second kappa shape index (κ2) is 13.4. The zero-order valence-corrected chi connectivity index (χ0v) is 25.5. The fourth-order valence-corrected chi connectivity index (χ4v) is 8.63. The number of imidazole rings is 1. The maximum atomic E-state index is 13.0. The van der Waals surface area contributed by atoms with Crippen molar-refractivity contribution >= 4 is 43.9 Å². The molecule has 0 aliphatic carbocycles. The minimum atomic E-state index is -5.46. The molecule has 44 heavy (non-hydrogen) atoms. The highest BCUT2D eigenvalue weighted by atomic mass is 32.7. The lowest BCUT2D eigenvalue weighted by Gasteiger charge is -2.41. The number of nitrogens with two attached hydrogens (primary N) is 1. The van der Waals surface area contributed by atoms with Gasteiger partial charge in [-0.15, -0.1) is 0 Å². The molecule has 9 N–H and O–H groups in total. The van der Waals surface area contributed by atoms with Crippen molar-refractivity contribution in [2.45, 2.75) is 74.1 Å². The second-order valence-electron chi connectivity index (χ2n) is 10.5. The molecule has 0 bridgehead atoms. The number of rotatable bonds is 11. The predicted octanol–water partition coefficient (Wildman–Crippen LogP) is -2.52. The molecule has 0 saturated carbocycles. The van der Waals surface area contributed by atoms with Gasteiger partial charge in [-0.05, 0) is 25.9 Å². The van der Waals surface area contributed by atoms with Crippen molar-refractivity contribution in [3.05, 3.63) is 12.7 Å². The SMILES string of the molecule is Nc1ncnc2c1ncn2[C@@H]1O[C@H](COP(=O)(S)OP(=O)(O)OC2OC([C@@H](O)CO)C(O)C(O)C2O)[C@@H](O)[C@H]1N1CCCC1. The van der Waals surface area contributed by atoms with E-state index < -0.39 is 89.1 Å². The van der Waals surface area contributed by atoms with E-state index in [-0.39, 0.29) is 5.82 Å². The molecule has 7 unspecified atom stereocenters. The Bertz CT molecular complexity index is 1400. The van der Waals surface area contributed by atoms with Crippen LogP contribution in [0.25, 0.3) is 11.2 Å². The van der Waals surface area contributed by atoms with Gasteiger partial charge >= 0.3 is 14.6 Å². The summed E-state index contributed by atoms with van der Waals surface area (Å²) >= 11 is 3.71. The number of likely N-dealkylation sites (tertiary alicyclic amines) is 1. The highest BCUT2D eigenvalue weighted by molar-refractivity contribution is 8.45. The van der Waals surface area contributed by atoms with Crippen molar-refractivity contribution in [2.75, 3.05) is 32.0 Å². The van der Waals surface area contributed by atoms with Gasteiger partial charge in [0.25, 0.3) is 0 Å². The summed E-state index contributed by atoms with van der Waals surface area (Å²) in [4.78, 5) is 24.6. The van der Waals surface area contributed by atoms with Crippen molar-refractivity contribution in [1.29, 1.82) is 0 Å². The number of anilines is 1. The number of phosphoric acid groups is 1. The van der Waals surface area contributed by atoms with Crippen molar-refractivity contribution in [3.8, 4) is 0 Å². The molecular weight excluding hydrogens is 654 g/mol. The third-order valence-corrected chi connectivity index (χ3v) is 11.2. The van der Waals surface area contributed by atoms with E-state index in [4.69, 9.17) is 29.4 Å². The number of ether oxygens (including phenoxy) is 2. The van der Waals surface area contributed by atoms with Gasteiger partial charge < -0.3 is 50.7 Å². The average molecular weight is 689 g/mol. The zero-order chi connectivity index (χ0) is 32.0. The van der Waals surface area contributed by atoms with Gasteiger partial charge in [0, 0.05) is 0 Å². The summed E-state index contributed by atoms with van der Waals surface area (Å²) in [5.41, 5.74) is 6.58. The number of fused-ring (bicyclic) bond motifs is 1. The number of hydrogen-bond acceptors (Lipinski definition) is 18. The lowest BCUT2D eigenvalue weighted by atomic mass is 9.96. The van der Waals surface area contributed by atoms with Crippen LogP contribution in [0.5, 0.6) is 0 Å². The predicted molar refractivity (Wildman–Crippen MR) is 149 cm³/mol. The van der Waals surface area contributed by atoms with Crippen molar-refractivity contribution in [3.63, 3.8) is 0 Å². The van der Waals surface area contributed by atoms with E-state index >= 15 is 0 Å². The van der Waals surface area contributed by atoms with Crippen LogP contribution in [0, 0.1) is 0 Å². The van der Waals surface area contributed by atoms with Crippen LogP contribution in [-0.4, -0.2) is 141 Å². The van der Waals surface area contributed by atoms with Crippen molar-refractivity contribution < 1.29 is 67.5 Å². The van der Waals surface area contributed by atoms with E-state index in [2.05, 4.69) is 31.5 Å². The molecule has 0 spiro atoms. The fraction of sp³-hybridized carbons (Fsp3) is 0.762. The van der Waals surface area contributed by atoms with Crippen molar-refractivity contribution in [2.24, 2.45) is 0 Å². The van der Waals surface area contributed by atoms with Crippen LogP contribution in [0.3, 0.4) is 0 Å². The summed E-state index contributed by atoms with van der Waals surface area (Å²) in [7, 11) is -5.46. The molecule has 0 amide bonds. The Morgan fingerprint density at radius 2 is 1.77 bits per heavy atom. The Kier molecular flexibility index (Phi) is 10.4. The summed E-state index contributed by atoms with van der Waals surface area (Å²) in [6.45, 7) is -5.00. The zero-order valence-electron chi connectivity index (χ0n) is 22.8. The number of aliphatic hydroxyl groups excluding tert-OH is 6. The first-order chi connectivity index (χ1) is 20.7. The highest BCUT2D eigenvalue weighted by Crippen LogP contribution is 2.66. The standard InChI is InChI=1S/C21H34N6O14P2S/c22-18-11-19(24-7-23-18)27(8-25-11)20-12(26-3-1-2-4-26)13(30)10(38-20)6-37-43(36,44)41-42(34,35)40-21-16(33)14(31)15(32)17(39-21)9(29)5-28/h7-10,12-17,20-21,28-33H,1-6H2,(H,34,35)(H,36,44)(H2,22,23,24)/t9-,10+,12+,13+,14?,15?,16?,17?,20+,21?,43?/m0/s1. The maximum absolute atomic E-state index is 13.0. The molecule has 2 aromatic heterocycles. The molecule has 2 aromatic rings. The number of aromatic nitrogens is 4. The molecule has 248 valence electrons. The van der Waals surface area contributed by atoms with E-state index in [1.54, 1.807) is 4.57 Å². The number of nitrogen functional groups attached to an aromatic ring is 1. The Hall–Kier alpha value is -1.36. The van der Waals surface area contributed by atoms with E-state index in [1.165, 1.54) is 12.7 Å². The summed E-state index contributed by atoms with van der Waals surface area (Å²) in [6, 6.07) is -0.624. The summed E-state index contributed by atoms with van der Waals surface area (Å²) in [6.07, 6.45) is -10.5. The van der Waals surface area contributed by atoms with E-state index in [9.17, 15) is 39.6 Å². The van der Waals surface area contributed by atoms with Gasteiger partial charge in [0.1, 0.15) is 54.6 Å². The van der Waals surface area contributed by atoms with Crippen LogP contribution >= 0.6 is 26.9 Å². The van der Waals surface area contributed by atoms with Crippen LogP contribution < -0.4 is 5.73 Å². The summed E-state index contributed by atoms with van der Waals surface area (Å²) in [5.74, 6) is 0.144. The average Bonchev–Trinajstić information content (AvgIpc) is 3.70. The number of thiol groups is 1. The highest BCUT2D eigenvalue weighted by Gasteiger charge is 2.52. The van der Waals surface area contributed by atoms with Gasteiger partial charge in [0.2, 0.25) is 0 Å². The van der Waals surface area contributed by atoms with Crippen LogP contribution in [0.15, 0.2) is 12.7 Å². The van der Waals surface area contributed by atoms with E-state index in [0.717, 1.165) is 12.8 Å². The first-order valence-electron chi connectivity index (χ1n) is 13.4. The van der Waals surface area contributed by atoms with Gasteiger partial charge in [-0.25, -0.2) is 24.1 Å². The smallest absolute Gasteiger partial charge is 0.394 e. The molecule has 3 aliphatic rings. The van der Waals surface area contributed by atoms with Gasteiger partial charge in [-0.2, -0.15) is 4.31 Å². The molecule has 3 saturated heterocycles. The third kappa shape index (κ3) is 6.98. The Balaban J connectivity index is 1.26. The maximum Gasteiger partial charge on any atom is 0.482 e. The van der Waals surface area contributed by atoms with Crippen LogP contribution in [0.4, 0.5) is 5.82 Å². The third-order valence-electron chi connectivity index (χ3n) is 7.58. The number of hydrogen-bond donors (Lipinski definition) is 9. The van der Waals surface area contributed by atoms with Gasteiger partial charge in [-0.3, -0.25) is 18.5 Å². The number of aliphatic hydroxyl groups is 6. The molecular formula is C21H34N6O14P2S. The molecule has 0 aromatic carbocycles. The molecule has 5 heterocycles. The molecule has 3 fully saturated rings. The van der Waals surface area contributed by atoms with E-state index in [0.29, 0.717) is 24.3 Å². The van der Waals surface area contributed by atoms with Gasteiger partial charge in [0.15, 0.2) is 24.0 Å². The number of nitrogens with zero attached hydrogens (tertiary/aromatic N) is 5. The largest absolute Gasteiger partial charge is 0.482 e. The minimum Gasteiger partial charge on any atom is -0.394 e. The van der Waals surface area contributed by atoms with Gasteiger partial charge in [0.05, 0.1) is 25.6 Å².